The first kappa shape index (κ1) is 13.3. The second kappa shape index (κ2) is 6.77. The minimum Gasteiger partial charge on any atom is -0.494 e. The van der Waals surface area contributed by atoms with Crippen LogP contribution in [-0.2, 0) is 4.79 Å². The van der Waals surface area contributed by atoms with Gasteiger partial charge in [0.2, 0.25) is 5.91 Å². The maximum Gasteiger partial charge on any atom is 0.221 e. The quantitative estimate of drug-likeness (QED) is 0.820. The molecule has 1 aromatic rings. The van der Waals surface area contributed by atoms with E-state index in [4.69, 9.17) is 21.6 Å². The lowest BCUT2D eigenvalue weighted by molar-refractivity contribution is -0.114. The van der Waals surface area contributed by atoms with Crippen LogP contribution in [-0.4, -0.2) is 12.5 Å². The molecule has 0 aromatic heterocycles. The summed E-state index contributed by atoms with van der Waals surface area (Å²) in [4.78, 5) is 10.9. The average molecular weight is 253 g/mol. The minimum atomic E-state index is -0.172. The highest BCUT2D eigenvalue weighted by molar-refractivity contribution is 6.33. The third-order valence-electron chi connectivity index (χ3n) is 1.95. The number of carbonyl (C=O) groups excluding carboxylic acids is 1. The second-order valence-electron chi connectivity index (χ2n) is 3.43. The number of hydrogen-bond acceptors (Lipinski definition) is 3. The lowest BCUT2D eigenvalue weighted by Crippen LogP contribution is -2.06. The van der Waals surface area contributed by atoms with Gasteiger partial charge in [0.05, 0.1) is 23.4 Å². The van der Waals surface area contributed by atoms with Crippen molar-refractivity contribution in [3.8, 4) is 11.8 Å². The Bertz CT molecular complexity index is 441. The normalized spacial score (nSPS) is 9.47. The maximum atomic E-state index is 10.9. The Balaban J connectivity index is 2.56. The van der Waals surface area contributed by atoms with Crippen LogP contribution in [0.15, 0.2) is 18.2 Å². The summed E-state index contributed by atoms with van der Waals surface area (Å²) in [6.07, 6.45) is 1.15. The predicted octanol–water partition coefficient (Wildman–Crippen LogP) is 2.98. The van der Waals surface area contributed by atoms with E-state index in [9.17, 15) is 4.79 Å². The van der Waals surface area contributed by atoms with E-state index in [1.807, 2.05) is 6.07 Å². The van der Waals surface area contributed by atoms with Gasteiger partial charge in [-0.25, -0.2) is 0 Å². The van der Waals surface area contributed by atoms with Gasteiger partial charge in [0.15, 0.2) is 0 Å². The molecule has 4 nitrogen and oxygen atoms in total. The van der Waals surface area contributed by atoms with Gasteiger partial charge < -0.3 is 10.1 Å². The topological polar surface area (TPSA) is 62.1 Å². The molecule has 5 heteroatoms. The molecule has 1 amide bonds. The van der Waals surface area contributed by atoms with Crippen molar-refractivity contribution in [2.45, 2.75) is 19.8 Å². The van der Waals surface area contributed by atoms with Crippen molar-refractivity contribution in [1.29, 1.82) is 5.26 Å². The lowest BCUT2D eigenvalue weighted by Gasteiger charge is -2.08. The summed E-state index contributed by atoms with van der Waals surface area (Å²) in [5.41, 5.74) is 0.559. The molecule has 1 aromatic carbocycles. The van der Waals surface area contributed by atoms with Gasteiger partial charge in [0, 0.05) is 19.4 Å². The van der Waals surface area contributed by atoms with Crippen molar-refractivity contribution in [3.63, 3.8) is 0 Å². The van der Waals surface area contributed by atoms with E-state index >= 15 is 0 Å². The van der Waals surface area contributed by atoms with Gasteiger partial charge in [0.1, 0.15) is 5.75 Å². The Morgan fingerprint density at radius 2 is 2.35 bits per heavy atom. The Morgan fingerprint density at radius 1 is 1.59 bits per heavy atom. The fraction of sp³-hybridized carbons (Fsp3) is 0.333. The third kappa shape index (κ3) is 4.75. The van der Waals surface area contributed by atoms with Crippen molar-refractivity contribution in [3.05, 3.63) is 23.2 Å². The van der Waals surface area contributed by atoms with E-state index in [2.05, 4.69) is 5.32 Å². The van der Waals surface area contributed by atoms with Gasteiger partial charge in [-0.15, -0.1) is 0 Å². The number of nitriles is 1. The van der Waals surface area contributed by atoms with Crippen LogP contribution in [0, 0.1) is 11.3 Å². The Morgan fingerprint density at radius 3 is 2.94 bits per heavy atom. The summed E-state index contributed by atoms with van der Waals surface area (Å²) in [5.74, 6) is 0.455. The van der Waals surface area contributed by atoms with Crippen molar-refractivity contribution in [1.82, 2.24) is 0 Å². The van der Waals surface area contributed by atoms with Crippen LogP contribution in [0.1, 0.15) is 19.8 Å². The zero-order valence-electron chi connectivity index (χ0n) is 9.50. The number of ether oxygens (including phenoxy) is 1. The molecule has 0 bridgehead atoms. The number of halogens is 1. The van der Waals surface area contributed by atoms with Crippen molar-refractivity contribution in [2.75, 3.05) is 11.9 Å². The van der Waals surface area contributed by atoms with E-state index in [0.29, 0.717) is 35.9 Å². The Labute approximate surface area is 105 Å². The van der Waals surface area contributed by atoms with Crippen LogP contribution in [0.25, 0.3) is 0 Å². The summed E-state index contributed by atoms with van der Waals surface area (Å²) in [5, 5.41) is 11.4. The molecular formula is C12H13ClN2O2. The monoisotopic (exact) mass is 252 g/mol. The van der Waals surface area contributed by atoms with Crippen molar-refractivity contribution in [2.24, 2.45) is 0 Å². The zero-order chi connectivity index (χ0) is 12.7. The molecule has 1 N–H and O–H groups in total. The Hall–Kier alpha value is -1.73. The van der Waals surface area contributed by atoms with E-state index < -0.39 is 0 Å². The van der Waals surface area contributed by atoms with Crippen molar-refractivity contribution >= 4 is 23.2 Å². The number of rotatable bonds is 5. The molecule has 0 unspecified atom stereocenters. The highest BCUT2D eigenvalue weighted by Crippen LogP contribution is 2.26. The third-order valence-corrected chi connectivity index (χ3v) is 2.27. The summed E-state index contributed by atoms with van der Waals surface area (Å²) >= 11 is 5.97. The van der Waals surface area contributed by atoms with E-state index in [1.54, 1.807) is 18.2 Å². The SMILES string of the molecule is CC(=O)Nc1ccc(OCCCC#N)cc1Cl. The second-order valence-corrected chi connectivity index (χ2v) is 3.84. The number of hydrogen-bond donors (Lipinski definition) is 1. The van der Waals surface area contributed by atoms with E-state index in [1.165, 1.54) is 6.92 Å². The molecule has 0 aliphatic rings. The molecule has 0 aliphatic carbocycles. The van der Waals surface area contributed by atoms with Gasteiger partial charge in [-0.2, -0.15) is 5.26 Å². The number of nitrogens with one attached hydrogen (secondary N) is 1. The highest BCUT2D eigenvalue weighted by Gasteiger charge is 2.03. The maximum absolute atomic E-state index is 10.9. The molecule has 0 spiro atoms. The first-order chi connectivity index (χ1) is 8.13. The van der Waals surface area contributed by atoms with Gasteiger partial charge >= 0.3 is 0 Å². The number of unbranched alkanes of at least 4 members (excludes halogenated alkanes) is 1. The largest absolute Gasteiger partial charge is 0.494 e. The predicted molar refractivity (Wildman–Crippen MR) is 66.1 cm³/mol. The average Bonchev–Trinajstić information content (AvgIpc) is 2.27. The zero-order valence-corrected chi connectivity index (χ0v) is 10.3. The van der Waals surface area contributed by atoms with E-state index in [-0.39, 0.29) is 5.91 Å². The molecule has 0 atom stereocenters. The molecule has 0 heterocycles. The van der Waals surface area contributed by atoms with Crippen LogP contribution in [0.3, 0.4) is 0 Å². The van der Waals surface area contributed by atoms with Gasteiger partial charge in [0.25, 0.3) is 0 Å². The number of nitrogens with zero attached hydrogens (tertiary/aromatic N) is 1. The van der Waals surface area contributed by atoms with Gasteiger partial charge in [-0.05, 0) is 18.6 Å². The van der Waals surface area contributed by atoms with Gasteiger partial charge in [-0.1, -0.05) is 11.6 Å². The lowest BCUT2D eigenvalue weighted by atomic mass is 10.3. The molecule has 0 saturated carbocycles. The van der Waals surface area contributed by atoms with Gasteiger partial charge in [-0.3, -0.25) is 4.79 Å². The number of anilines is 1. The van der Waals surface area contributed by atoms with Crippen LogP contribution < -0.4 is 10.1 Å². The molecule has 0 aliphatic heterocycles. The summed E-state index contributed by atoms with van der Waals surface area (Å²) < 4.78 is 5.40. The standard InChI is InChI=1S/C12H13ClN2O2/c1-9(16)15-12-5-4-10(8-11(12)13)17-7-3-2-6-14/h4-5,8H,2-3,7H2,1H3,(H,15,16). The van der Waals surface area contributed by atoms with Crippen LogP contribution in [0.2, 0.25) is 5.02 Å². The molecule has 1 rings (SSSR count). The number of benzene rings is 1. The van der Waals surface area contributed by atoms with Crippen LogP contribution >= 0.6 is 11.6 Å². The molecule has 0 radical (unpaired) electrons. The molecule has 17 heavy (non-hydrogen) atoms. The smallest absolute Gasteiger partial charge is 0.221 e. The number of carbonyl (C=O) groups is 1. The first-order valence-corrected chi connectivity index (χ1v) is 5.58. The summed E-state index contributed by atoms with van der Waals surface area (Å²) in [6.45, 7) is 1.89. The van der Waals surface area contributed by atoms with Crippen LogP contribution in [0.5, 0.6) is 5.75 Å². The van der Waals surface area contributed by atoms with E-state index in [0.717, 1.165) is 0 Å². The highest BCUT2D eigenvalue weighted by atomic mass is 35.5. The fourth-order valence-corrected chi connectivity index (χ4v) is 1.44. The molecular weight excluding hydrogens is 240 g/mol. The molecule has 0 fully saturated rings. The Kier molecular flexibility index (Phi) is 5.31. The molecule has 90 valence electrons. The first-order valence-electron chi connectivity index (χ1n) is 5.20. The minimum absolute atomic E-state index is 0.172. The van der Waals surface area contributed by atoms with Crippen molar-refractivity contribution < 1.29 is 9.53 Å². The van der Waals surface area contributed by atoms with Crippen LogP contribution in [0.4, 0.5) is 5.69 Å². The summed E-state index contributed by atoms with van der Waals surface area (Å²) in [6, 6.07) is 7.09. The number of amides is 1. The molecule has 0 saturated heterocycles. The fourth-order valence-electron chi connectivity index (χ4n) is 1.22. The summed E-state index contributed by atoms with van der Waals surface area (Å²) in [7, 11) is 0.